The SMILES string of the molecule is Cc1cc(C)c2nc(C(F)(F)C(F)(F)F)n(Cc3ccc(-c4ccccc4C(=O)O)cc3)c2n1. The third-order valence-corrected chi connectivity index (χ3v) is 5.42. The summed E-state index contributed by atoms with van der Waals surface area (Å²) in [6, 6.07) is 14.1. The van der Waals surface area contributed by atoms with Crippen LogP contribution in [0.5, 0.6) is 0 Å². The lowest BCUT2D eigenvalue weighted by Gasteiger charge is -2.20. The minimum absolute atomic E-state index is 0.0310. The Morgan fingerprint density at radius 3 is 2.24 bits per heavy atom. The maximum atomic E-state index is 14.4. The van der Waals surface area contributed by atoms with Gasteiger partial charge in [0.05, 0.1) is 12.1 Å². The molecule has 34 heavy (non-hydrogen) atoms. The number of benzene rings is 2. The van der Waals surface area contributed by atoms with Crippen LogP contribution in [-0.4, -0.2) is 31.8 Å². The summed E-state index contributed by atoms with van der Waals surface area (Å²) in [6.07, 6.45) is -5.83. The molecule has 2 heterocycles. The molecule has 0 unspecified atom stereocenters. The van der Waals surface area contributed by atoms with Crippen molar-refractivity contribution in [2.24, 2.45) is 0 Å². The van der Waals surface area contributed by atoms with Gasteiger partial charge in [0.1, 0.15) is 5.52 Å². The van der Waals surface area contributed by atoms with Gasteiger partial charge in [0.2, 0.25) is 0 Å². The largest absolute Gasteiger partial charge is 0.478 e. The van der Waals surface area contributed by atoms with Crippen LogP contribution in [0, 0.1) is 13.8 Å². The molecule has 0 aliphatic heterocycles. The van der Waals surface area contributed by atoms with Gasteiger partial charge in [-0.25, -0.2) is 14.8 Å². The topological polar surface area (TPSA) is 68.0 Å². The molecule has 2 aromatic heterocycles. The fourth-order valence-corrected chi connectivity index (χ4v) is 3.81. The standard InChI is InChI=1S/C24H18F5N3O2/c1-13-11-14(2)30-20-19(13)31-22(23(25,26)24(27,28)29)32(20)12-15-7-9-16(10-8-15)17-5-3-4-6-18(17)21(33)34/h3-11H,12H2,1-2H3,(H,33,34). The summed E-state index contributed by atoms with van der Waals surface area (Å²) in [4.78, 5) is 19.3. The van der Waals surface area contributed by atoms with Gasteiger partial charge in [-0.2, -0.15) is 22.0 Å². The number of rotatable bonds is 5. The van der Waals surface area contributed by atoms with E-state index >= 15 is 0 Å². The van der Waals surface area contributed by atoms with E-state index in [0.29, 0.717) is 27.9 Å². The molecular weight excluding hydrogens is 457 g/mol. The zero-order valence-corrected chi connectivity index (χ0v) is 18.0. The predicted molar refractivity (Wildman–Crippen MR) is 115 cm³/mol. The molecule has 1 N–H and O–H groups in total. The number of hydrogen-bond donors (Lipinski definition) is 1. The van der Waals surface area contributed by atoms with Crippen LogP contribution in [0.4, 0.5) is 22.0 Å². The molecule has 10 heteroatoms. The van der Waals surface area contributed by atoms with Crippen LogP contribution in [0.15, 0.2) is 54.6 Å². The highest BCUT2D eigenvalue weighted by atomic mass is 19.4. The number of imidazole rings is 1. The number of aromatic carboxylic acids is 1. The van der Waals surface area contributed by atoms with E-state index < -0.39 is 23.9 Å². The number of aryl methyl sites for hydroxylation is 2. The van der Waals surface area contributed by atoms with E-state index in [1.807, 2.05) is 0 Å². The van der Waals surface area contributed by atoms with Crippen LogP contribution in [-0.2, 0) is 12.5 Å². The Balaban J connectivity index is 1.81. The molecule has 0 atom stereocenters. The van der Waals surface area contributed by atoms with Crippen molar-refractivity contribution in [3.05, 3.63) is 82.8 Å². The number of pyridine rings is 1. The molecule has 0 spiro atoms. The number of hydrogen-bond acceptors (Lipinski definition) is 3. The average Bonchev–Trinajstić information content (AvgIpc) is 3.12. The molecule has 0 saturated heterocycles. The van der Waals surface area contributed by atoms with E-state index in [0.717, 1.165) is 4.57 Å². The number of carboxylic acids is 1. The summed E-state index contributed by atoms with van der Waals surface area (Å²) in [5.41, 5.74) is 2.28. The summed E-state index contributed by atoms with van der Waals surface area (Å²) in [5.74, 6) is -7.73. The Kier molecular flexibility index (Phi) is 5.63. The summed E-state index contributed by atoms with van der Waals surface area (Å²) < 4.78 is 69.3. The first-order valence-corrected chi connectivity index (χ1v) is 10.1. The first-order valence-electron chi connectivity index (χ1n) is 10.1. The lowest BCUT2D eigenvalue weighted by Crippen LogP contribution is -2.36. The van der Waals surface area contributed by atoms with E-state index in [9.17, 15) is 31.9 Å². The fraction of sp³-hybridized carbons (Fsp3) is 0.208. The van der Waals surface area contributed by atoms with Gasteiger partial charge in [-0.05, 0) is 48.2 Å². The molecule has 0 saturated carbocycles. The minimum Gasteiger partial charge on any atom is -0.478 e. The van der Waals surface area contributed by atoms with Crippen LogP contribution in [0.3, 0.4) is 0 Å². The van der Waals surface area contributed by atoms with E-state index in [1.165, 1.54) is 18.2 Å². The van der Waals surface area contributed by atoms with Crippen LogP contribution in [0.1, 0.15) is 33.0 Å². The molecule has 0 aliphatic carbocycles. The molecule has 2 aromatic carbocycles. The van der Waals surface area contributed by atoms with Crippen molar-refractivity contribution in [3.8, 4) is 11.1 Å². The quantitative estimate of drug-likeness (QED) is 0.354. The molecular formula is C24H18F5N3O2. The molecule has 0 bridgehead atoms. The fourth-order valence-electron chi connectivity index (χ4n) is 3.81. The number of alkyl halides is 5. The predicted octanol–water partition coefficient (Wildman–Crippen LogP) is 6.12. The molecule has 0 aliphatic rings. The molecule has 5 nitrogen and oxygen atoms in total. The number of carbonyl (C=O) groups is 1. The first-order chi connectivity index (χ1) is 15.9. The highest BCUT2D eigenvalue weighted by Gasteiger charge is 2.62. The van der Waals surface area contributed by atoms with E-state index in [-0.39, 0.29) is 23.3 Å². The lowest BCUT2D eigenvalue weighted by molar-refractivity contribution is -0.293. The summed E-state index contributed by atoms with van der Waals surface area (Å²) >= 11 is 0. The Hall–Kier alpha value is -3.82. The minimum atomic E-state index is -5.83. The van der Waals surface area contributed by atoms with Crippen molar-refractivity contribution in [2.75, 3.05) is 0 Å². The number of carboxylic acid groups (broad SMARTS) is 1. The molecule has 4 rings (SSSR count). The van der Waals surface area contributed by atoms with Gasteiger partial charge in [0.15, 0.2) is 11.5 Å². The Morgan fingerprint density at radius 1 is 0.971 bits per heavy atom. The number of fused-ring (bicyclic) bond motifs is 1. The second-order valence-electron chi connectivity index (χ2n) is 7.89. The lowest BCUT2D eigenvalue weighted by atomic mass is 9.99. The van der Waals surface area contributed by atoms with Gasteiger partial charge in [-0.1, -0.05) is 42.5 Å². The maximum absolute atomic E-state index is 14.4. The third-order valence-electron chi connectivity index (χ3n) is 5.42. The molecule has 0 amide bonds. The highest BCUT2D eigenvalue weighted by Crippen LogP contribution is 2.44. The molecule has 176 valence electrons. The number of halogens is 5. The molecule has 4 aromatic rings. The summed E-state index contributed by atoms with van der Waals surface area (Å²) in [5, 5.41) is 9.39. The van der Waals surface area contributed by atoms with E-state index in [4.69, 9.17) is 0 Å². The highest BCUT2D eigenvalue weighted by molar-refractivity contribution is 5.96. The summed E-state index contributed by atoms with van der Waals surface area (Å²) in [7, 11) is 0. The monoisotopic (exact) mass is 475 g/mol. The van der Waals surface area contributed by atoms with Crippen molar-refractivity contribution in [1.29, 1.82) is 0 Å². The second kappa shape index (κ2) is 8.19. The maximum Gasteiger partial charge on any atom is 0.461 e. The van der Waals surface area contributed by atoms with Gasteiger partial charge in [-0.3, -0.25) is 0 Å². The third kappa shape index (κ3) is 4.00. The zero-order chi connectivity index (χ0) is 24.8. The smallest absolute Gasteiger partial charge is 0.461 e. The average molecular weight is 475 g/mol. The number of aromatic nitrogens is 3. The van der Waals surface area contributed by atoms with Crippen molar-refractivity contribution >= 4 is 17.1 Å². The first kappa shape index (κ1) is 23.3. The zero-order valence-electron chi connectivity index (χ0n) is 18.0. The van der Waals surface area contributed by atoms with Crippen LogP contribution in [0.2, 0.25) is 0 Å². The molecule has 0 radical (unpaired) electrons. The second-order valence-corrected chi connectivity index (χ2v) is 7.89. The number of nitrogens with zero attached hydrogens (tertiary/aromatic N) is 3. The van der Waals surface area contributed by atoms with Crippen molar-refractivity contribution in [3.63, 3.8) is 0 Å². The van der Waals surface area contributed by atoms with Gasteiger partial charge in [0, 0.05) is 5.69 Å². The van der Waals surface area contributed by atoms with E-state index in [1.54, 1.807) is 50.2 Å². The van der Waals surface area contributed by atoms with Crippen LogP contribution in [0.25, 0.3) is 22.3 Å². The van der Waals surface area contributed by atoms with Crippen molar-refractivity contribution in [1.82, 2.24) is 14.5 Å². The van der Waals surface area contributed by atoms with Gasteiger partial charge >= 0.3 is 18.1 Å². The Morgan fingerprint density at radius 2 is 1.62 bits per heavy atom. The van der Waals surface area contributed by atoms with Gasteiger partial charge < -0.3 is 9.67 Å². The molecule has 0 fully saturated rings. The van der Waals surface area contributed by atoms with Crippen LogP contribution < -0.4 is 0 Å². The van der Waals surface area contributed by atoms with Crippen molar-refractivity contribution in [2.45, 2.75) is 32.5 Å². The summed E-state index contributed by atoms with van der Waals surface area (Å²) in [6.45, 7) is 2.84. The van der Waals surface area contributed by atoms with Crippen molar-refractivity contribution < 1.29 is 31.9 Å². The Labute approximate surface area is 190 Å². The van der Waals surface area contributed by atoms with E-state index in [2.05, 4.69) is 9.97 Å². The normalized spacial score (nSPS) is 12.3. The Bertz CT molecular complexity index is 1390. The van der Waals surface area contributed by atoms with Gasteiger partial charge in [-0.15, -0.1) is 0 Å². The van der Waals surface area contributed by atoms with Crippen LogP contribution >= 0.6 is 0 Å². The van der Waals surface area contributed by atoms with Gasteiger partial charge in [0.25, 0.3) is 0 Å².